The summed E-state index contributed by atoms with van der Waals surface area (Å²) in [7, 11) is 0. The summed E-state index contributed by atoms with van der Waals surface area (Å²) in [6, 6.07) is 8.44. The van der Waals surface area contributed by atoms with Gasteiger partial charge < -0.3 is 26.2 Å². The van der Waals surface area contributed by atoms with Crippen LogP contribution in [0.5, 0.6) is 0 Å². The molecule has 2 saturated heterocycles. The number of esters is 1. The van der Waals surface area contributed by atoms with E-state index in [0.717, 1.165) is 5.56 Å². The van der Waals surface area contributed by atoms with E-state index < -0.39 is 41.4 Å². The van der Waals surface area contributed by atoms with E-state index in [1.807, 2.05) is 30.3 Å². The lowest BCUT2D eigenvalue weighted by molar-refractivity contribution is -0.155. The molecule has 158 valence electrons. The second kappa shape index (κ2) is 8.92. The number of benzene rings is 1. The summed E-state index contributed by atoms with van der Waals surface area (Å²) in [5, 5.41) is 9.48. The molecule has 0 bridgehead atoms. The van der Waals surface area contributed by atoms with Crippen LogP contribution in [0.25, 0.3) is 0 Å². The molecule has 4 atom stereocenters. The number of cyclic esters (lactones) is 1. The number of rotatable bonds is 8. The molecule has 1 aromatic carbocycles. The largest absolute Gasteiger partial charge is 0.480 e. The van der Waals surface area contributed by atoms with Crippen molar-refractivity contribution in [2.45, 2.75) is 56.2 Å². The Labute approximate surface area is 170 Å². The topological polar surface area (TPSA) is 136 Å². The number of carboxylic acid groups (broad SMARTS) is 1. The summed E-state index contributed by atoms with van der Waals surface area (Å²) in [4.78, 5) is 39.1. The fourth-order valence-electron chi connectivity index (χ4n) is 4.40. The van der Waals surface area contributed by atoms with Gasteiger partial charge in [0.2, 0.25) is 5.91 Å². The SMILES string of the molecule is NCCCC[C@@](N)(C(=O)N1CCC[C@H]1C(=O)O)[C@@H]1C[C@@H](c2ccccc2)OC1=O. The van der Waals surface area contributed by atoms with Crippen molar-refractivity contribution in [2.24, 2.45) is 17.4 Å². The Balaban J connectivity index is 1.86. The minimum Gasteiger partial charge on any atom is -0.480 e. The van der Waals surface area contributed by atoms with Gasteiger partial charge in [-0.25, -0.2) is 4.79 Å². The number of nitrogens with zero attached hydrogens (tertiary/aromatic N) is 1. The minimum absolute atomic E-state index is 0.257. The van der Waals surface area contributed by atoms with E-state index in [9.17, 15) is 19.5 Å². The lowest BCUT2D eigenvalue weighted by Gasteiger charge is -2.37. The molecule has 0 aliphatic carbocycles. The van der Waals surface area contributed by atoms with E-state index in [2.05, 4.69) is 0 Å². The highest BCUT2D eigenvalue weighted by Gasteiger charge is 2.54. The molecule has 2 fully saturated rings. The lowest BCUT2D eigenvalue weighted by Crippen LogP contribution is -2.62. The molecule has 29 heavy (non-hydrogen) atoms. The van der Waals surface area contributed by atoms with Crippen molar-refractivity contribution in [3.63, 3.8) is 0 Å². The van der Waals surface area contributed by atoms with E-state index in [0.29, 0.717) is 45.2 Å². The second-order valence-corrected chi connectivity index (χ2v) is 7.91. The van der Waals surface area contributed by atoms with Crippen molar-refractivity contribution in [1.29, 1.82) is 0 Å². The number of unbranched alkanes of at least 4 members (excludes halogenated alkanes) is 1. The number of carboxylic acids is 1. The monoisotopic (exact) mass is 403 g/mol. The van der Waals surface area contributed by atoms with Gasteiger partial charge in [-0.2, -0.15) is 0 Å². The quantitative estimate of drug-likeness (QED) is 0.438. The molecule has 0 radical (unpaired) electrons. The predicted octanol–water partition coefficient (Wildman–Crippen LogP) is 1.19. The maximum Gasteiger partial charge on any atom is 0.326 e. The molecule has 0 unspecified atom stereocenters. The first-order valence-electron chi connectivity index (χ1n) is 10.2. The standard InChI is InChI=1S/C21H29N3O5/c22-11-5-4-10-21(23,20(28)24-12-6-9-16(24)18(25)26)15-13-17(29-19(15)27)14-7-2-1-3-8-14/h1-3,7-8,15-17H,4-6,9-13,22-23H2,(H,25,26)/t15-,16+,17+,21+/m1/s1. The first-order valence-corrected chi connectivity index (χ1v) is 10.2. The van der Waals surface area contributed by atoms with Crippen LogP contribution in [0.1, 0.15) is 50.2 Å². The molecule has 1 amide bonds. The molecule has 0 spiro atoms. The van der Waals surface area contributed by atoms with Crippen LogP contribution in [0.3, 0.4) is 0 Å². The molecule has 2 heterocycles. The van der Waals surface area contributed by atoms with Crippen molar-refractivity contribution >= 4 is 17.8 Å². The van der Waals surface area contributed by atoms with Gasteiger partial charge in [-0.05, 0) is 44.2 Å². The maximum atomic E-state index is 13.5. The summed E-state index contributed by atoms with van der Waals surface area (Å²) < 4.78 is 5.57. The van der Waals surface area contributed by atoms with Crippen LogP contribution in [0.15, 0.2) is 30.3 Å². The Hall–Kier alpha value is -2.45. The number of hydrogen-bond donors (Lipinski definition) is 3. The second-order valence-electron chi connectivity index (χ2n) is 7.91. The highest BCUT2D eigenvalue weighted by atomic mass is 16.6. The van der Waals surface area contributed by atoms with Gasteiger partial charge in [0.15, 0.2) is 0 Å². The molecule has 0 aromatic heterocycles. The number of hydrogen-bond acceptors (Lipinski definition) is 6. The van der Waals surface area contributed by atoms with Crippen LogP contribution in [0.4, 0.5) is 0 Å². The van der Waals surface area contributed by atoms with Crippen LogP contribution >= 0.6 is 0 Å². The molecule has 8 heteroatoms. The average Bonchev–Trinajstić information content (AvgIpc) is 3.35. The van der Waals surface area contributed by atoms with Crippen molar-refractivity contribution in [3.8, 4) is 0 Å². The van der Waals surface area contributed by atoms with E-state index in [1.165, 1.54) is 4.90 Å². The molecular formula is C21H29N3O5. The summed E-state index contributed by atoms with van der Waals surface area (Å²) in [6.07, 6.45) is 2.31. The highest BCUT2D eigenvalue weighted by molar-refractivity contribution is 5.95. The Kier molecular flexibility index (Phi) is 6.54. The van der Waals surface area contributed by atoms with Crippen LogP contribution in [0, 0.1) is 5.92 Å². The molecule has 3 rings (SSSR count). The number of carbonyl (C=O) groups excluding carboxylic acids is 2. The Bertz CT molecular complexity index is 756. The fraction of sp³-hybridized carbons (Fsp3) is 0.571. The first kappa shape index (κ1) is 21.3. The van der Waals surface area contributed by atoms with E-state index in [-0.39, 0.29) is 6.42 Å². The summed E-state index contributed by atoms with van der Waals surface area (Å²) in [5.41, 5.74) is 11.6. The molecule has 2 aliphatic rings. The Morgan fingerprint density at radius 1 is 1.24 bits per heavy atom. The summed E-state index contributed by atoms with van der Waals surface area (Å²) >= 11 is 0. The third-order valence-corrected chi connectivity index (χ3v) is 6.03. The maximum absolute atomic E-state index is 13.5. The van der Waals surface area contributed by atoms with Crippen LogP contribution < -0.4 is 11.5 Å². The predicted molar refractivity (Wildman–Crippen MR) is 106 cm³/mol. The number of ether oxygens (including phenoxy) is 1. The van der Waals surface area contributed by atoms with E-state index in [1.54, 1.807) is 0 Å². The number of carbonyl (C=O) groups is 3. The van der Waals surface area contributed by atoms with Crippen LogP contribution in [0.2, 0.25) is 0 Å². The summed E-state index contributed by atoms with van der Waals surface area (Å²) in [5.74, 6) is -2.85. The molecule has 0 saturated carbocycles. The fourth-order valence-corrected chi connectivity index (χ4v) is 4.40. The molecule has 2 aliphatic heterocycles. The zero-order valence-corrected chi connectivity index (χ0v) is 16.5. The van der Waals surface area contributed by atoms with Crippen molar-refractivity contribution in [1.82, 2.24) is 4.90 Å². The van der Waals surface area contributed by atoms with Crippen molar-refractivity contribution in [3.05, 3.63) is 35.9 Å². The normalized spacial score (nSPS) is 26.2. The molecule has 5 N–H and O–H groups in total. The van der Waals surface area contributed by atoms with Gasteiger partial charge >= 0.3 is 11.9 Å². The zero-order chi connectivity index (χ0) is 21.0. The minimum atomic E-state index is -1.51. The van der Waals surface area contributed by atoms with Gasteiger partial charge in [0.1, 0.15) is 17.7 Å². The number of likely N-dealkylation sites (tertiary alicyclic amines) is 1. The van der Waals surface area contributed by atoms with Gasteiger partial charge in [0, 0.05) is 13.0 Å². The first-order chi connectivity index (χ1) is 13.9. The average molecular weight is 403 g/mol. The van der Waals surface area contributed by atoms with Gasteiger partial charge in [-0.3, -0.25) is 9.59 Å². The van der Waals surface area contributed by atoms with E-state index >= 15 is 0 Å². The Morgan fingerprint density at radius 2 is 1.97 bits per heavy atom. The van der Waals surface area contributed by atoms with Crippen LogP contribution in [-0.2, 0) is 19.1 Å². The van der Waals surface area contributed by atoms with Crippen LogP contribution in [-0.4, -0.2) is 52.5 Å². The number of amides is 1. The smallest absolute Gasteiger partial charge is 0.326 e. The van der Waals surface area contributed by atoms with Crippen molar-refractivity contribution in [2.75, 3.05) is 13.1 Å². The van der Waals surface area contributed by atoms with Gasteiger partial charge in [0.25, 0.3) is 0 Å². The van der Waals surface area contributed by atoms with E-state index in [4.69, 9.17) is 16.2 Å². The Morgan fingerprint density at radius 3 is 2.62 bits per heavy atom. The molecule has 1 aromatic rings. The zero-order valence-electron chi connectivity index (χ0n) is 16.5. The van der Waals surface area contributed by atoms with Gasteiger partial charge in [-0.15, -0.1) is 0 Å². The summed E-state index contributed by atoms with van der Waals surface area (Å²) in [6.45, 7) is 0.781. The van der Waals surface area contributed by atoms with Gasteiger partial charge in [0.05, 0.1) is 5.92 Å². The third-order valence-electron chi connectivity index (χ3n) is 6.03. The third kappa shape index (κ3) is 4.28. The molecular weight excluding hydrogens is 374 g/mol. The number of nitrogens with two attached hydrogens (primary N) is 2. The highest BCUT2D eigenvalue weighted by Crippen LogP contribution is 2.41. The lowest BCUT2D eigenvalue weighted by atomic mass is 9.77. The van der Waals surface area contributed by atoms with Crippen molar-refractivity contribution < 1.29 is 24.2 Å². The van der Waals surface area contributed by atoms with Gasteiger partial charge in [-0.1, -0.05) is 30.3 Å². The number of aliphatic carboxylic acids is 1. The molecule has 8 nitrogen and oxygen atoms in total.